The van der Waals surface area contributed by atoms with Crippen molar-refractivity contribution in [2.24, 2.45) is 0 Å². The zero-order valence-electron chi connectivity index (χ0n) is 17.3. The molecule has 0 heterocycles. The lowest BCUT2D eigenvalue weighted by Gasteiger charge is -2.23. The largest absolute Gasteiger partial charge is 0.457 e. The van der Waals surface area contributed by atoms with Crippen LogP contribution in [-0.2, 0) is 11.3 Å². The van der Waals surface area contributed by atoms with Crippen LogP contribution in [0.2, 0.25) is 0 Å². The molecule has 2 amide bonds. The zero-order valence-corrected chi connectivity index (χ0v) is 17.3. The Bertz CT molecular complexity index is 883. The summed E-state index contributed by atoms with van der Waals surface area (Å²) in [7, 11) is 1.69. The molecule has 0 radical (unpaired) electrons. The molecule has 5 nitrogen and oxygen atoms in total. The standard InChI is InChI=1S/C25H28N2O3/c1-29-19-9-8-18-27(20-21-10-4-2-5-11-21)25(28)26-22-14-16-24(17-15-22)30-23-12-6-3-7-13-23/h2-7,10-17H,8-9,18-20H2,1H3,(H,26,28). The van der Waals surface area contributed by atoms with E-state index in [1.165, 1.54) is 0 Å². The highest BCUT2D eigenvalue weighted by atomic mass is 16.5. The highest BCUT2D eigenvalue weighted by Crippen LogP contribution is 2.23. The summed E-state index contributed by atoms with van der Waals surface area (Å²) in [5, 5.41) is 2.99. The summed E-state index contributed by atoms with van der Waals surface area (Å²) in [5.41, 5.74) is 1.83. The number of nitrogens with one attached hydrogen (secondary N) is 1. The van der Waals surface area contributed by atoms with Gasteiger partial charge >= 0.3 is 6.03 Å². The number of benzene rings is 3. The first-order valence-corrected chi connectivity index (χ1v) is 10.2. The molecule has 0 unspecified atom stereocenters. The summed E-state index contributed by atoms with van der Waals surface area (Å²) in [6.07, 6.45) is 1.80. The van der Waals surface area contributed by atoms with Gasteiger partial charge in [-0.3, -0.25) is 0 Å². The average Bonchev–Trinajstić information content (AvgIpc) is 2.78. The maximum Gasteiger partial charge on any atom is 0.322 e. The molecule has 0 fully saturated rings. The van der Waals surface area contributed by atoms with E-state index in [4.69, 9.17) is 9.47 Å². The van der Waals surface area contributed by atoms with E-state index in [0.717, 1.165) is 35.6 Å². The van der Waals surface area contributed by atoms with Crippen LogP contribution < -0.4 is 10.1 Å². The molecule has 0 bridgehead atoms. The second-order valence-electron chi connectivity index (χ2n) is 6.98. The molecule has 0 aromatic heterocycles. The quantitative estimate of drug-likeness (QED) is 0.426. The van der Waals surface area contributed by atoms with Crippen molar-refractivity contribution in [3.05, 3.63) is 90.5 Å². The number of carbonyl (C=O) groups excluding carboxylic acids is 1. The van der Waals surface area contributed by atoms with Gasteiger partial charge in [0.15, 0.2) is 0 Å². The van der Waals surface area contributed by atoms with Crippen molar-refractivity contribution in [2.45, 2.75) is 19.4 Å². The second-order valence-corrected chi connectivity index (χ2v) is 6.98. The van der Waals surface area contributed by atoms with Crippen molar-refractivity contribution in [3.63, 3.8) is 0 Å². The van der Waals surface area contributed by atoms with Crippen LogP contribution in [0.25, 0.3) is 0 Å². The van der Waals surface area contributed by atoms with E-state index in [2.05, 4.69) is 5.32 Å². The third-order valence-electron chi connectivity index (χ3n) is 4.61. The molecule has 0 spiro atoms. The number of para-hydroxylation sites is 1. The van der Waals surface area contributed by atoms with Crippen molar-refractivity contribution in [2.75, 3.05) is 25.6 Å². The first-order valence-electron chi connectivity index (χ1n) is 10.2. The molecule has 0 atom stereocenters. The molecule has 30 heavy (non-hydrogen) atoms. The minimum atomic E-state index is -0.118. The number of methoxy groups -OCH3 is 1. The van der Waals surface area contributed by atoms with Gasteiger partial charge in [0, 0.05) is 32.5 Å². The summed E-state index contributed by atoms with van der Waals surface area (Å²) in [4.78, 5) is 14.7. The molecule has 1 N–H and O–H groups in total. The lowest BCUT2D eigenvalue weighted by atomic mass is 10.2. The normalized spacial score (nSPS) is 10.4. The molecule has 0 saturated carbocycles. The third kappa shape index (κ3) is 6.94. The van der Waals surface area contributed by atoms with Gasteiger partial charge in [-0.1, -0.05) is 48.5 Å². The van der Waals surface area contributed by atoms with Gasteiger partial charge in [-0.25, -0.2) is 4.79 Å². The fraction of sp³-hybridized carbons (Fsp3) is 0.240. The lowest BCUT2D eigenvalue weighted by Crippen LogP contribution is -2.35. The Morgan fingerprint density at radius 2 is 1.47 bits per heavy atom. The Hall–Kier alpha value is -3.31. The molecule has 0 saturated heterocycles. The van der Waals surface area contributed by atoms with Crippen molar-refractivity contribution in [1.82, 2.24) is 4.90 Å². The van der Waals surface area contributed by atoms with Gasteiger partial charge in [0.1, 0.15) is 11.5 Å². The summed E-state index contributed by atoms with van der Waals surface area (Å²) < 4.78 is 10.9. The Kier molecular flexibility index (Phi) is 8.30. The topological polar surface area (TPSA) is 50.8 Å². The van der Waals surface area contributed by atoms with E-state index in [-0.39, 0.29) is 6.03 Å². The Morgan fingerprint density at radius 1 is 0.833 bits per heavy atom. The van der Waals surface area contributed by atoms with E-state index in [1.54, 1.807) is 7.11 Å². The number of ether oxygens (including phenoxy) is 2. The minimum absolute atomic E-state index is 0.118. The first-order chi connectivity index (χ1) is 14.7. The van der Waals surface area contributed by atoms with Gasteiger partial charge in [0.05, 0.1) is 0 Å². The number of anilines is 1. The number of carbonyl (C=O) groups is 1. The Balaban J connectivity index is 1.60. The minimum Gasteiger partial charge on any atom is -0.457 e. The second kappa shape index (κ2) is 11.6. The first kappa shape index (κ1) is 21.4. The van der Waals surface area contributed by atoms with Gasteiger partial charge in [0.25, 0.3) is 0 Å². The summed E-state index contributed by atoms with van der Waals surface area (Å²) in [6, 6.07) is 26.9. The number of urea groups is 1. The Labute approximate surface area is 178 Å². The molecule has 3 rings (SSSR count). The predicted molar refractivity (Wildman–Crippen MR) is 120 cm³/mol. The molecule has 156 valence electrons. The number of amides is 2. The molecule has 0 aliphatic carbocycles. The molecule has 3 aromatic carbocycles. The van der Waals surface area contributed by atoms with Gasteiger partial charge in [0.2, 0.25) is 0 Å². The van der Waals surface area contributed by atoms with Crippen LogP contribution in [0.3, 0.4) is 0 Å². The zero-order chi connectivity index (χ0) is 21.0. The van der Waals surface area contributed by atoms with E-state index in [9.17, 15) is 4.79 Å². The number of nitrogens with zero attached hydrogens (tertiary/aromatic N) is 1. The average molecular weight is 405 g/mol. The van der Waals surface area contributed by atoms with Gasteiger partial charge in [-0.05, 0) is 54.8 Å². The lowest BCUT2D eigenvalue weighted by molar-refractivity contribution is 0.182. The van der Waals surface area contributed by atoms with Crippen LogP contribution in [-0.4, -0.2) is 31.2 Å². The number of unbranched alkanes of at least 4 members (excludes halogenated alkanes) is 1. The van der Waals surface area contributed by atoms with Gasteiger partial charge in [-0.15, -0.1) is 0 Å². The summed E-state index contributed by atoms with van der Waals surface area (Å²) in [6.45, 7) is 1.93. The van der Waals surface area contributed by atoms with Gasteiger partial charge < -0.3 is 19.7 Å². The predicted octanol–water partition coefficient (Wildman–Crippen LogP) is 5.94. The van der Waals surface area contributed by atoms with Crippen molar-refractivity contribution in [1.29, 1.82) is 0 Å². The number of hydrogen-bond donors (Lipinski definition) is 1. The monoisotopic (exact) mass is 404 g/mol. The van der Waals surface area contributed by atoms with Crippen molar-refractivity contribution in [3.8, 4) is 11.5 Å². The molecular weight excluding hydrogens is 376 g/mol. The smallest absolute Gasteiger partial charge is 0.322 e. The number of hydrogen-bond acceptors (Lipinski definition) is 3. The summed E-state index contributed by atoms with van der Waals surface area (Å²) in [5.74, 6) is 1.50. The maximum atomic E-state index is 12.9. The van der Waals surface area contributed by atoms with E-state index in [1.807, 2.05) is 89.8 Å². The Morgan fingerprint density at radius 3 is 2.13 bits per heavy atom. The van der Waals surface area contributed by atoms with E-state index >= 15 is 0 Å². The van der Waals surface area contributed by atoms with Crippen LogP contribution in [0.5, 0.6) is 11.5 Å². The van der Waals surface area contributed by atoms with Crippen LogP contribution in [0.15, 0.2) is 84.9 Å². The third-order valence-corrected chi connectivity index (χ3v) is 4.61. The maximum absolute atomic E-state index is 12.9. The van der Waals surface area contributed by atoms with Crippen LogP contribution in [0.1, 0.15) is 18.4 Å². The van der Waals surface area contributed by atoms with Crippen molar-refractivity contribution >= 4 is 11.7 Å². The molecular formula is C25H28N2O3. The number of rotatable bonds is 10. The van der Waals surface area contributed by atoms with E-state index in [0.29, 0.717) is 19.7 Å². The van der Waals surface area contributed by atoms with Crippen LogP contribution >= 0.6 is 0 Å². The molecule has 5 heteroatoms. The molecule has 3 aromatic rings. The fourth-order valence-corrected chi connectivity index (χ4v) is 3.04. The van der Waals surface area contributed by atoms with E-state index < -0.39 is 0 Å². The molecule has 0 aliphatic heterocycles. The van der Waals surface area contributed by atoms with Gasteiger partial charge in [-0.2, -0.15) is 0 Å². The fourth-order valence-electron chi connectivity index (χ4n) is 3.04. The van der Waals surface area contributed by atoms with Crippen LogP contribution in [0.4, 0.5) is 10.5 Å². The highest BCUT2D eigenvalue weighted by Gasteiger charge is 2.14. The molecule has 0 aliphatic rings. The van der Waals surface area contributed by atoms with Crippen LogP contribution in [0, 0.1) is 0 Å². The highest BCUT2D eigenvalue weighted by molar-refractivity contribution is 5.89. The van der Waals surface area contributed by atoms with Crippen molar-refractivity contribution < 1.29 is 14.3 Å². The SMILES string of the molecule is COCCCCN(Cc1ccccc1)C(=O)Nc1ccc(Oc2ccccc2)cc1. The summed E-state index contributed by atoms with van der Waals surface area (Å²) >= 11 is 0.